The fourth-order valence-corrected chi connectivity index (χ4v) is 1.15. The van der Waals surface area contributed by atoms with Gasteiger partial charge in [0.1, 0.15) is 0 Å². The highest BCUT2D eigenvalue weighted by atomic mass is 16.3. The Morgan fingerprint density at radius 3 is 2.45 bits per heavy atom. The van der Waals surface area contributed by atoms with Gasteiger partial charge in [-0.15, -0.1) is 6.58 Å². The molecule has 0 atom stereocenters. The number of hydrogen-bond donors (Lipinski definition) is 1. The van der Waals surface area contributed by atoms with Crippen LogP contribution in [0.25, 0.3) is 0 Å². The van der Waals surface area contributed by atoms with Crippen LogP contribution < -0.4 is 0 Å². The van der Waals surface area contributed by atoms with E-state index in [1.54, 1.807) is 0 Å². The van der Waals surface area contributed by atoms with Crippen LogP contribution in [0.3, 0.4) is 0 Å². The maximum Gasteiger partial charge on any atom is 0.0436 e. The van der Waals surface area contributed by atoms with Gasteiger partial charge in [0.25, 0.3) is 0 Å². The smallest absolute Gasteiger partial charge is 0.0436 e. The lowest BCUT2D eigenvalue weighted by Gasteiger charge is -2.22. The van der Waals surface area contributed by atoms with E-state index in [4.69, 9.17) is 5.11 Å². The van der Waals surface area contributed by atoms with E-state index in [1.807, 2.05) is 6.08 Å². The molecule has 0 saturated carbocycles. The Balaban J connectivity index is 3.45. The largest absolute Gasteiger partial charge is 0.396 e. The first-order valence-electron chi connectivity index (χ1n) is 4.34. The van der Waals surface area contributed by atoms with Crippen LogP contribution in [0.1, 0.15) is 39.5 Å². The van der Waals surface area contributed by atoms with Gasteiger partial charge in [-0.05, 0) is 31.1 Å². The quantitative estimate of drug-likeness (QED) is 0.463. The minimum Gasteiger partial charge on any atom is -0.396 e. The van der Waals surface area contributed by atoms with Crippen molar-refractivity contribution in [3.05, 3.63) is 12.7 Å². The third-order valence-electron chi connectivity index (χ3n) is 2.05. The van der Waals surface area contributed by atoms with Crippen LogP contribution in [0.15, 0.2) is 12.7 Å². The molecule has 0 heterocycles. The minimum absolute atomic E-state index is 0.303. The van der Waals surface area contributed by atoms with Crippen molar-refractivity contribution in [1.82, 2.24) is 0 Å². The SMILES string of the molecule is C=CCCCC(C)(C)CCO. The predicted octanol–water partition coefficient (Wildman–Crippen LogP) is 2.75. The van der Waals surface area contributed by atoms with Gasteiger partial charge in [-0.3, -0.25) is 0 Å². The monoisotopic (exact) mass is 156 g/mol. The van der Waals surface area contributed by atoms with Gasteiger partial charge in [0.15, 0.2) is 0 Å². The zero-order valence-electron chi connectivity index (χ0n) is 7.77. The number of unbranched alkanes of at least 4 members (excludes halogenated alkanes) is 1. The zero-order chi connectivity index (χ0) is 8.74. The Hall–Kier alpha value is -0.300. The van der Waals surface area contributed by atoms with Gasteiger partial charge in [-0.1, -0.05) is 19.9 Å². The molecule has 0 aliphatic rings. The van der Waals surface area contributed by atoms with Gasteiger partial charge in [0.2, 0.25) is 0 Å². The topological polar surface area (TPSA) is 20.2 Å². The fourth-order valence-electron chi connectivity index (χ4n) is 1.15. The molecule has 0 aliphatic heterocycles. The Morgan fingerprint density at radius 2 is 2.00 bits per heavy atom. The summed E-state index contributed by atoms with van der Waals surface area (Å²) in [4.78, 5) is 0. The summed E-state index contributed by atoms with van der Waals surface area (Å²) in [5, 5.41) is 8.74. The molecule has 1 heteroatoms. The molecule has 0 radical (unpaired) electrons. The van der Waals surface area contributed by atoms with Crippen LogP contribution in [0.4, 0.5) is 0 Å². The fraction of sp³-hybridized carbons (Fsp3) is 0.800. The molecule has 1 nitrogen and oxygen atoms in total. The van der Waals surface area contributed by atoms with Crippen molar-refractivity contribution < 1.29 is 5.11 Å². The summed E-state index contributed by atoms with van der Waals surface area (Å²) in [5.41, 5.74) is 0.303. The average molecular weight is 156 g/mol. The molecule has 11 heavy (non-hydrogen) atoms. The molecule has 1 N–H and O–H groups in total. The Labute approximate surface area is 70.1 Å². The van der Waals surface area contributed by atoms with E-state index in [1.165, 1.54) is 12.8 Å². The first-order chi connectivity index (χ1) is 5.12. The van der Waals surface area contributed by atoms with Gasteiger partial charge in [-0.25, -0.2) is 0 Å². The average Bonchev–Trinajstić information content (AvgIpc) is 1.87. The molecule has 0 rings (SSSR count). The van der Waals surface area contributed by atoms with Crippen molar-refractivity contribution in [1.29, 1.82) is 0 Å². The van der Waals surface area contributed by atoms with Crippen molar-refractivity contribution in [2.45, 2.75) is 39.5 Å². The second kappa shape index (κ2) is 5.36. The third-order valence-corrected chi connectivity index (χ3v) is 2.05. The zero-order valence-corrected chi connectivity index (χ0v) is 7.77. The van der Waals surface area contributed by atoms with E-state index >= 15 is 0 Å². The van der Waals surface area contributed by atoms with Crippen LogP contribution in [-0.2, 0) is 0 Å². The summed E-state index contributed by atoms with van der Waals surface area (Å²) >= 11 is 0. The maximum atomic E-state index is 8.74. The first kappa shape index (κ1) is 10.7. The maximum absolute atomic E-state index is 8.74. The van der Waals surface area contributed by atoms with E-state index in [-0.39, 0.29) is 0 Å². The molecule has 0 aromatic rings. The van der Waals surface area contributed by atoms with Gasteiger partial charge in [0.05, 0.1) is 0 Å². The number of aliphatic hydroxyl groups is 1. The summed E-state index contributed by atoms with van der Waals surface area (Å²) in [5.74, 6) is 0. The van der Waals surface area contributed by atoms with Crippen LogP contribution in [0, 0.1) is 5.41 Å². The Kier molecular flexibility index (Phi) is 5.22. The van der Waals surface area contributed by atoms with Gasteiger partial charge < -0.3 is 5.11 Å². The first-order valence-corrected chi connectivity index (χ1v) is 4.34. The highest BCUT2D eigenvalue weighted by Crippen LogP contribution is 2.26. The third kappa shape index (κ3) is 6.11. The minimum atomic E-state index is 0.303. The van der Waals surface area contributed by atoms with Crippen molar-refractivity contribution in [2.75, 3.05) is 6.61 Å². The van der Waals surface area contributed by atoms with E-state index in [0.717, 1.165) is 12.8 Å². The number of allylic oxidation sites excluding steroid dienone is 1. The normalized spacial score (nSPS) is 11.5. The van der Waals surface area contributed by atoms with Crippen LogP contribution in [-0.4, -0.2) is 11.7 Å². The molecule has 0 saturated heterocycles. The molecular formula is C10H20O. The van der Waals surface area contributed by atoms with Crippen molar-refractivity contribution in [3.8, 4) is 0 Å². The van der Waals surface area contributed by atoms with Gasteiger partial charge in [0, 0.05) is 6.61 Å². The molecule has 0 aromatic heterocycles. The lowest BCUT2D eigenvalue weighted by molar-refractivity contribution is 0.200. The molecule has 0 bridgehead atoms. The lowest BCUT2D eigenvalue weighted by atomic mass is 9.84. The molecule has 0 amide bonds. The summed E-state index contributed by atoms with van der Waals surface area (Å²) < 4.78 is 0. The standard InChI is InChI=1S/C10H20O/c1-4-5-6-7-10(2,3)8-9-11/h4,11H,1,5-9H2,2-3H3. The second-order valence-corrected chi connectivity index (χ2v) is 3.82. The van der Waals surface area contributed by atoms with E-state index in [0.29, 0.717) is 12.0 Å². The summed E-state index contributed by atoms with van der Waals surface area (Å²) in [7, 11) is 0. The van der Waals surface area contributed by atoms with Crippen molar-refractivity contribution >= 4 is 0 Å². The van der Waals surface area contributed by atoms with Gasteiger partial charge in [-0.2, -0.15) is 0 Å². The van der Waals surface area contributed by atoms with Crippen molar-refractivity contribution in [3.63, 3.8) is 0 Å². The highest BCUT2D eigenvalue weighted by Gasteiger charge is 2.15. The molecule has 0 spiro atoms. The molecule has 0 aliphatic carbocycles. The number of hydrogen-bond acceptors (Lipinski definition) is 1. The van der Waals surface area contributed by atoms with E-state index < -0.39 is 0 Å². The molecule has 0 unspecified atom stereocenters. The number of aliphatic hydroxyl groups excluding tert-OH is 1. The molecule has 66 valence electrons. The van der Waals surface area contributed by atoms with Crippen LogP contribution in [0.2, 0.25) is 0 Å². The summed E-state index contributed by atoms with van der Waals surface area (Å²) in [6, 6.07) is 0. The number of rotatable bonds is 6. The van der Waals surface area contributed by atoms with Crippen LogP contribution in [0.5, 0.6) is 0 Å². The Morgan fingerprint density at radius 1 is 1.36 bits per heavy atom. The summed E-state index contributed by atoms with van der Waals surface area (Å²) in [6.45, 7) is 8.38. The van der Waals surface area contributed by atoms with Crippen molar-refractivity contribution in [2.24, 2.45) is 5.41 Å². The lowest BCUT2D eigenvalue weighted by Crippen LogP contribution is -2.12. The second-order valence-electron chi connectivity index (χ2n) is 3.82. The Bertz CT molecular complexity index is 105. The molecule has 0 fully saturated rings. The van der Waals surface area contributed by atoms with E-state index in [9.17, 15) is 0 Å². The molecular weight excluding hydrogens is 136 g/mol. The molecule has 0 aromatic carbocycles. The predicted molar refractivity (Wildman–Crippen MR) is 49.5 cm³/mol. The summed E-state index contributed by atoms with van der Waals surface area (Å²) in [6.07, 6.45) is 6.32. The van der Waals surface area contributed by atoms with E-state index in [2.05, 4.69) is 20.4 Å². The van der Waals surface area contributed by atoms with Crippen LogP contribution >= 0.6 is 0 Å². The van der Waals surface area contributed by atoms with Gasteiger partial charge >= 0.3 is 0 Å². The highest BCUT2D eigenvalue weighted by molar-refractivity contribution is 4.72.